The molecule has 6 heteroatoms. The molecule has 1 aromatic carbocycles. The molecule has 2 aromatic rings. The smallest absolute Gasteiger partial charge is 0.212 e. The number of fused-ring (bicyclic) bond motifs is 1. The van der Waals surface area contributed by atoms with E-state index in [1.165, 1.54) is 5.56 Å². The lowest BCUT2D eigenvalue weighted by Crippen LogP contribution is -2.37. The topological polar surface area (TPSA) is 64.0 Å². The van der Waals surface area contributed by atoms with E-state index in [-0.39, 0.29) is 17.2 Å². The number of aryl methyl sites for hydroxylation is 1. The van der Waals surface area contributed by atoms with Crippen molar-refractivity contribution in [1.29, 1.82) is 0 Å². The van der Waals surface area contributed by atoms with Gasteiger partial charge in [-0.1, -0.05) is 38.5 Å². The molecule has 0 unspecified atom stereocenters. The molecule has 0 bridgehead atoms. The molecule has 5 nitrogen and oxygen atoms in total. The van der Waals surface area contributed by atoms with Gasteiger partial charge >= 0.3 is 0 Å². The molecule has 1 aliphatic rings. The molecule has 0 saturated heterocycles. The Labute approximate surface area is 150 Å². The van der Waals surface area contributed by atoms with E-state index in [1.807, 2.05) is 17.8 Å². The monoisotopic (exact) mass is 361 g/mol. The van der Waals surface area contributed by atoms with Gasteiger partial charge in [0.2, 0.25) is 10.0 Å². The van der Waals surface area contributed by atoms with E-state index in [2.05, 4.69) is 54.9 Å². The first-order chi connectivity index (χ1) is 11.7. The van der Waals surface area contributed by atoms with E-state index in [9.17, 15) is 8.42 Å². The highest BCUT2D eigenvalue weighted by Crippen LogP contribution is 2.41. The maximum atomic E-state index is 12.3. The van der Waals surface area contributed by atoms with Crippen LogP contribution in [0.3, 0.4) is 0 Å². The molecule has 1 heterocycles. The SMILES string of the molecule is CCCS(=O)(=O)N[C@@H]1CC(C)(C)Cc2c1cnn2-c1ccc(C)cc1. The third kappa shape index (κ3) is 3.96. The van der Waals surface area contributed by atoms with Crippen LogP contribution < -0.4 is 4.72 Å². The summed E-state index contributed by atoms with van der Waals surface area (Å²) in [6, 6.07) is 8.04. The predicted molar refractivity (Wildman–Crippen MR) is 100 cm³/mol. The van der Waals surface area contributed by atoms with Crippen LogP contribution in [0.25, 0.3) is 5.69 Å². The second-order valence-corrected chi connectivity index (χ2v) is 9.70. The first-order valence-corrected chi connectivity index (χ1v) is 10.5. The molecule has 25 heavy (non-hydrogen) atoms. The molecule has 3 rings (SSSR count). The molecule has 0 amide bonds. The van der Waals surface area contributed by atoms with Crippen molar-refractivity contribution in [2.75, 3.05) is 5.75 Å². The van der Waals surface area contributed by atoms with Gasteiger partial charge in [0.1, 0.15) is 0 Å². The molecular formula is C19H27N3O2S. The third-order valence-corrected chi connectivity index (χ3v) is 6.34. The summed E-state index contributed by atoms with van der Waals surface area (Å²) in [5.74, 6) is 0.158. The average Bonchev–Trinajstić information content (AvgIpc) is 2.90. The van der Waals surface area contributed by atoms with Crippen molar-refractivity contribution < 1.29 is 8.42 Å². The Hall–Kier alpha value is -1.66. The van der Waals surface area contributed by atoms with Crippen molar-refractivity contribution in [3.05, 3.63) is 47.3 Å². The second kappa shape index (κ2) is 6.57. The number of hydrogen-bond acceptors (Lipinski definition) is 3. The number of rotatable bonds is 5. The standard InChI is InChI=1S/C19H27N3O2S/c1-5-10-25(23,24)21-17-11-19(3,4)12-18-16(17)13-20-22(18)15-8-6-14(2)7-9-15/h6-9,13,17,21H,5,10-12H2,1-4H3/t17-/m1/s1. The summed E-state index contributed by atoms with van der Waals surface area (Å²) in [6.07, 6.45) is 4.09. The van der Waals surface area contributed by atoms with Gasteiger partial charge in [-0.2, -0.15) is 5.10 Å². The van der Waals surface area contributed by atoms with E-state index in [4.69, 9.17) is 0 Å². The molecule has 0 radical (unpaired) electrons. The Kier molecular flexibility index (Phi) is 4.77. The van der Waals surface area contributed by atoms with Crippen LogP contribution in [0.15, 0.2) is 30.5 Å². The van der Waals surface area contributed by atoms with Crippen molar-refractivity contribution in [2.45, 2.75) is 53.0 Å². The zero-order chi connectivity index (χ0) is 18.2. The quantitative estimate of drug-likeness (QED) is 0.886. The lowest BCUT2D eigenvalue weighted by molar-refractivity contribution is 0.268. The summed E-state index contributed by atoms with van der Waals surface area (Å²) in [6.45, 7) is 8.31. The molecule has 0 fully saturated rings. The molecule has 1 aliphatic carbocycles. The Morgan fingerprint density at radius 2 is 1.96 bits per heavy atom. The third-order valence-electron chi connectivity index (χ3n) is 4.75. The maximum Gasteiger partial charge on any atom is 0.212 e. The molecule has 0 aliphatic heterocycles. The molecule has 136 valence electrons. The van der Waals surface area contributed by atoms with Gasteiger partial charge in [0.05, 0.1) is 23.7 Å². The fourth-order valence-corrected chi connectivity index (χ4v) is 4.90. The summed E-state index contributed by atoms with van der Waals surface area (Å²) >= 11 is 0. The van der Waals surface area contributed by atoms with E-state index in [0.29, 0.717) is 6.42 Å². The van der Waals surface area contributed by atoms with Crippen LogP contribution in [0, 0.1) is 12.3 Å². The van der Waals surface area contributed by atoms with Crippen molar-refractivity contribution in [3.8, 4) is 5.69 Å². The van der Waals surface area contributed by atoms with Gasteiger partial charge in [-0.25, -0.2) is 17.8 Å². The van der Waals surface area contributed by atoms with Crippen molar-refractivity contribution in [3.63, 3.8) is 0 Å². The van der Waals surface area contributed by atoms with Crippen molar-refractivity contribution >= 4 is 10.0 Å². The number of aromatic nitrogens is 2. The minimum absolute atomic E-state index is 0.00881. The van der Waals surface area contributed by atoms with Crippen molar-refractivity contribution in [1.82, 2.24) is 14.5 Å². The van der Waals surface area contributed by atoms with E-state index >= 15 is 0 Å². The molecule has 0 spiro atoms. The summed E-state index contributed by atoms with van der Waals surface area (Å²) in [5.41, 5.74) is 4.33. The minimum Gasteiger partial charge on any atom is -0.237 e. The van der Waals surface area contributed by atoms with Crippen LogP contribution in [0.4, 0.5) is 0 Å². The highest BCUT2D eigenvalue weighted by Gasteiger charge is 2.36. The number of nitrogens with zero attached hydrogens (tertiary/aromatic N) is 2. The fraction of sp³-hybridized carbons (Fsp3) is 0.526. The Morgan fingerprint density at radius 3 is 2.60 bits per heavy atom. The van der Waals surface area contributed by atoms with E-state index < -0.39 is 10.0 Å². The van der Waals surface area contributed by atoms with Gasteiger partial charge in [-0.15, -0.1) is 0 Å². The van der Waals surface area contributed by atoms with Gasteiger partial charge in [0.15, 0.2) is 0 Å². The van der Waals surface area contributed by atoms with Crippen LogP contribution in [0.2, 0.25) is 0 Å². The highest BCUT2D eigenvalue weighted by molar-refractivity contribution is 7.89. The van der Waals surface area contributed by atoms with E-state index in [0.717, 1.165) is 29.8 Å². The fourth-order valence-electron chi connectivity index (χ4n) is 3.60. The molecule has 0 saturated carbocycles. The van der Waals surface area contributed by atoms with Gasteiger partial charge in [0, 0.05) is 11.3 Å². The normalized spacial score (nSPS) is 19.6. The van der Waals surface area contributed by atoms with Gasteiger partial charge < -0.3 is 0 Å². The minimum atomic E-state index is -3.27. The summed E-state index contributed by atoms with van der Waals surface area (Å²) in [7, 11) is -3.27. The van der Waals surface area contributed by atoms with E-state index in [1.54, 1.807) is 0 Å². The van der Waals surface area contributed by atoms with Crippen LogP contribution in [0.5, 0.6) is 0 Å². The van der Waals surface area contributed by atoms with Gasteiger partial charge in [0.25, 0.3) is 0 Å². The largest absolute Gasteiger partial charge is 0.237 e. The van der Waals surface area contributed by atoms with Gasteiger partial charge in [-0.05, 0) is 43.7 Å². The Morgan fingerprint density at radius 1 is 1.28 bits per heavy atom. The maximum absolute atomic E-state index is 12.3. The molecule has 1 N–H and O–H groups in total. The Balaban J connectivity index is 2.00. The van der Waals surface area contributed by atoms with Gasteiger partial charge in [-0.3, -0.25) is 0 Å². The number of hydrogen-bond donors (Lipinski definition) is 1. The highest BCUT2D eigenvalue weighted by atomic mass is 32.2. The number of benzene rings is 1. The van der Waals surface area contributed by atoms with Crippen LogP contribution >= 0.6 is 0 Å². The lowest BCUT2D eigenvalue weighted by atomic mass is 9.74. The number of sulfonamides is 1. The molecule has 1 aromatic heterocycles. The second-order valence-electron chi connectivity index (χ2n) is 7.83. The van der Waals surface area contributed by atoms with Crippen LogP contribution in [-0.2, 0) is 16.4 Å². The number of nitrogens with one attached hydrogen (secondary N) is 1. The Bertz CT molecular complexity index is 851. The van der Waals surface area contributed by atoms with Crippen molar-refractivity contribution in [2.24, 2.45) is 5.41 Å². The molecule has 1 atom stereocenters. The lowest BCUT2D eigenvalue weighted by Gasteiger charge is -2.35. The zero-order valence-electron chi connectivity index (χ0n) is 15.4. The first-order valence-electron chi connectivity index (χ1n) is 8.84. The van der Waals surface area contributed by atoms with Crippen LogP contribution in [-0.4, -0.2) is 24.0 Å². The predicted octanol–water partition coefficient (Wildman–Crippen LogP) is 3.52. The first kappa shape index (κ1) is 18.1. The summed E-state index contributed by atoms with van der Waals surface area (Å²) in [4.78, 5) is 0. The summed E-state index contributed by atoms with van der Waals surface area (Å²) < 4.78 is 29.4. The zero-order valence-corrected chi connectivity index (χ0v) is 16.2. The summed E-state index contributed by atoms with van der Waals surface area (Å²) in [5, 5.41) is 4.57. The molecular weight excluding hydrogens is 334 g/mol. The average molecular weight is 362 g/mol. The van der Waals surface area contributed by atoms with Crippen LogP contribution in [0.1, 0.15) is 56.5 Å².